The zero-order chi connectivity index (χ0) is 13.1. The highest BCUT2D eigenvalue weighted by molar-refractivity contribution is 5.93. The van der Waals surface area contributed by atoms with Crippen molar-refractivity contribution in [2.45, 2.75) is 27.2 Å². The highest BCUT2D eigenvalue weighted by Gasteiger charge is 2.24. The molecule has 0 bridgehead atoms. The van der Waals surface area contributed by atoms with Gasteiger partial charge < -0.3 is 10.6 Å². The maximum absolute atomic E-state index is 12.2. The molecular weight excluding hydrogens is 224 g/mol. The van der Waals surface area contributed by atoms with Crippen LogP contribution in [0.3, 0.4) is 0 Å². The first-order chi connectivity index (χ1) is 8.56. The van der Waals surface area contributed by atoms with Crippen molar-refractivity contribution >= 4 is 11.6 Å². The van der Waals surface area contributed by atoms with E-state index in [1.807, 2.05) is 26.0 Å². The van der Waals surface area contributed by atoms with Crippen LogP contribution >= 0.6 is 0 Å². The largest absolute Gasteiger partial charge is 0.326 e. The van der Waals surface area contributed by atoms with Crippen LogP contribution in [0.1, 0.15) is 24.5 Å². The normalized spacial score (nSPS) is 23.7. The summed E-state index contributed by atoms with van der Waals surface area (Å²) in [5, 5.41) is 6.38. The molecule has 0 aliphatic carbocycles. The van der Waals surface area contributed by atoms with Crippen LogP contribution in [0.2, 0.25) is 0 Å². The van der Waals surface area contributed by atoms with Gasteiger partial charge in [0.15, 0.2) is 0 Å². The Labute approximate surface area is 109 Å². The van der Waals surface area contributed by atoms with E-state index in [-0.39, 0.29) is 11.8 Å². The van der Waals surface area contributed by atoms with E-state index in [4.69, 9.17) is 0 Å². The highest BCUT2D eigenvalue weighted by atomic mass is 16.1. The van der Waals surface area contributed by atoms with Crippen LogP contribution in [-0.4, -0.2) is 19.0 Å². The molecule has 1 heterocycles. The summed E-state index contributed by atoms with van der Waals surface area (Å²) < 4.78 is 0. The average Bonchev–Trinajstić information content (AvgIpc) is 2.34. The van der Waals surface area contributed by atoms with Gasteiger partial charge in [-0.15, -0.1) is 0 Å². The second kappa shape index (κ2) is 5.53. The molecule has 3 nitrogen and oxygen atoms in total. The first kappa shape index (κ1) is 13.1. The van der Waals surface area contributed by atoms with Crippen molar-refractivity contribution in [1.29, 1.82) is 0 Å². The molecule has 2 unspecified atom stereocenters. The number of anilines is 1. The molecule has 1 aliphatic heterocycles. The van der Waals surface area contributed by atoms with Gasteiger partial charge in [0.2, 0.25) is 5.91 Å². The van der Waals surface area contributed by atoms with E-state index < -0.39 is 0 Å². The zero-order valence-electron chi connectivity index (χ0n) is 11.4. The van der Waals surface area contributed by atoms with Crippen LogP contribution in [0, 0.1) is 25.7 Å². The minimum absolute atomic E-state index is 0.0914. The van der Waals surface area contributed by atoms with Gasteiger partial charge >= 0.3 is 0 Å². The summed E-state index contributed by atoms with van der Waals surface area (Å²) in [4.78, 5) is 12.2. The van der Waals surface area contributed by atoms with Gasteiger partial charge in [-0.1, -0.05) is 19.1 Å². The Morgan fingerprint density at radius 3 is 2.83 bits per heavy atom. The number of hydrogen-bond donors (Lipinski definition) is 2. The van der Waals surface area contributed by atoms with E-state index in [0.29, 0.717) is 5.92 Å². The van der Waals surface area contributed by atoms with Gasteiger partial charge in [-0.2, -0.15) is 0 Å². The lowest BCUT2D eigenvalue weighted by molar-refractivity contribution is -0.120. The maximum Gasteiger partial charge on any atom is 0.228 e. The zero-order valence-corrected chi connectivity index (χ0v) is 11.4. The summed E-state index contributed by atoms with van der Waals surface area (Å²) in [5.41, 5.74) is 3.23. The van der Waals surface area contributed by atoms with E-state index in [9.17, 15) is 4.79 Å². The van der Waals surface area contributed by atoms with E-state index in [0.717, 1.165) is 30.8 Å². The van der Waals surface area contributed by atoms with Gasteiger partial charge in [-0.3, -0.25) is 4.79 Å². The molecule has 0 radical (unpaired) electrons. The molecule has 1 saturated heterocycles. The number of piperidine rings is 1. The fraction of sp³-hybridized carbons (Fsp3) is 0.533. The molecule has 1 amide bonds. The third kappa shape index (κ3) is 3.10. The number of amides is 1. The molecule has 1 fully saturated rings. The van der Waals surface area contributed by atoms with Crippen molar-refractivity contribution < 1.29 is 4.79 Å². The summed E-state index contributed by atoms with van der Waals surface area (Å²) in [5.74, 6) is 0.810. The van der Waals surface area contributed by atoms with Gasteiger partial charge in [-0.05, 0) is 49.9 Å². The Balaban J connectivity index is 2.04. The lowest BCUT2D eigenvalue weighted by Gasteiger charge is -2.27. The molecule has 2 atom stereocenters. The van der Waals surface area contributed by atoms with Crippen molar-refractivity contribution in [2.24, 2.45) is 11.8 Å². The molecule has 0 aromatic heterocycles. The quantitative estimate of drug-likeness (QED) is 0.841. The molecule has 2 rings (SSSR count). The van der Waals surface area contributed by atoms with Gasteiger partial charge in [0.1, 0.15) is 0 Å². The molecule has 98 valence electrons. The van der Waals surface area contributed by atoms with Crippen LogP contribution in [-0.2, 0) is 4.79 Å². The Morgan fingerprint density at radius 2 is 2.11 bits per heavy atom. The van der Waals surface area contributed by atoms with E-state index in [1.165, 1.54) is 5.56 Å². The Morgan fingerprint density at radius 1 is 1.33 bits per heavy atom. The van der Waals surface area contributed by atoms with E-state index >= 15 is 0 Å². The molecule has 18 heavy (non-hydrogen) atoms. The first-order valence-electron chi connectivity index (χ1n) is 6.65. The number of aryl methyl sites for hydroxylation is 2. The summed E-state index contributed by atoms with van der Waals surface area (Å²) >= 11 is 0. The average molecular weight is 246 g/mol. The monoisotopic (exact) mass is 246 g/mol. The molecule has 1 aromatic rings. The molecule has 0 spiro atoms. The maximum atomic E-state index is 12.2. The lowest BCUT2D eigenvalue weighted by atomic mass is 9.91. The van der Waals surface area contributed by atoms with E-state index in [1.54, 1.807) is 0 Å². The van der Waals surface area contributed by atoms with Gasteiger partial charge in [0, 0.05) is 12.2 Å². The molecular formula is C15H22N2O. The van der Waals surface area contributed by atoms with Crippen LogP contribution in [0.25, 0.3) is 0 Å². The Bertz CT molecular complexity index is 442. The Hall–Kier alpha value is -1.35. The lowest BCUT2D eigenvalue weighted by Crippen LogP contribution is -2.41. The summed E-state index contributed by atoms with van der Waals surface area (Å²) in [6.45, 7) is 8.06. The minimum Gasteiger partial charge on any atom is -0.326 e. The van der Waals surface area contributed by atoms with Gasteiger partial charge in [0.05, 0.1) is 5.92 Å². The van der Waals surface area contributed by atoms with Crippen LogP contribution in [0.4, 0.5) is 5.69 Å². The number of carbonyl (C=O) groups is 1. The third-order valence-corrected chi connectivity index (χ3v) is 3.59. The molecule has 0 saturated carbocycles. The predicted octanol–water partition coefficient (Wildman–Crippen LogP) is 2.49. The highest BCUT2D eigenvalue weighted by Crippen LogP contribution is 2.20. The first-order valence-corrected chi connectivity index (χ1v) is 6.65. The van der Waals surface area contributed by atoms with Crippen molar-refractivity contribution in [3.8, 4) is 0 Å². The van der Waals surface area contributed by atoms with Crippen LogP contribution < -0.4 is 10.6 Å². The Kier molecular flexibility index (Phi) is 4.02. The smallest absolute Gasteiger partial charge is 0.228 e. The number of hydrogen-bond acceptors (Lipinski definition) is 2. The topological polar surface area (TPSA) is 41.1 Å². The van der Waals surface area contributed by atoms with E-state index in [2.05, 4.69) is 23.6 Å². The molecule has 2 N–H and O–H groups in total. The number of carbonyl (C=O) groups excluding carboxylic acids is 1. The second-order valence-corrected chi connectivity index (χ2v) is 5.50. The summed E-state index contributed by atoms with van der Waals surface area (Å²) in [6, 6.07) is 6.15. The van der Waals surface area contributed by atoms with Crippen LogP contribution in [0.5, 0.6) is 0 Å². The standard InChI is InChI=1S/C15H22N2O/c1-10-4-5-12(3)14(7-10)17-15(18)13-6-11(2)8-16-9-13/h4-5,7,11,13,16H,6,8-9H2,1-3H3,(H,17,18). The third-order valence-electron chi connectivity index (χ3n) is 3.59. The minimum atomic E-state index is 0.0914. The SMILES string of the molecule is Cc1ccc(C)c(NC(=O)C2CNCC(C)C2)c1. The van der Waals surface area contributed by atoms with Gasteiger partial charge in [0.25, 0.3) is 0 Å². The fourth-order valence-corrected chi connectivity index (χ4v) is 2.46. The number of benzene rings is 1. The molecule has 1 aliphatic rings. The fourth-order valence-electron chi connectivity index (χ4n) is 2.46. The summed E-state index contributed by atoms with van der Waals surface area (Å²) in [7, 11) is 0. The predicted molar refractivity (Wildman–Crippen MR) is 74.7 cm³/mol. The number of nitrogens with one attached hydrogen (secondary N) is 2. The van der Waals surface area contributed by atoms with Crippen molar-refractivity contribution in [3.05, 3.63) is 29.3 Å². The summed E-state index contributed by atoms with van der Waals surface area (Å²) in [6.07, 6.45) is 0.976. The van der Waals surface area contributed by atoms with Crippen molar-refractivity contribution in [1.82, 2.24) is 5.32 Å². The van der Waals surface area contributed by atoms with Crippen molar-refractivity contribution in [3.63, 3.8) is 0 Å². The second-order valence-electron chi connectivity index (χ2n) is 5.50. The molecule has 3 heteroatoms. The van der Waals surface area contributed by atoms with Crippen LogP contribution in [0.15, 0.2) is 18.2 Å². The number of rotatable bonds is 2. The van der Waals surface area contributed by atoms with Gasteiger partial charge in [-0.25, -0.2) is 0 Å². The molecule has 1 aromatic carbocycles. The van der Waals surface area contributed by atoms with Crippen molar-refractivity contribution in [2.75, 3.05) is 18.4 Å².